The third kappa shape index (κ3) is 1.97. The SMILES string of the molecule is [C-]#[N+]c1c(F)ccc(-c2cccc(F)n2)c1F. The molecule has 0 amide bonds. The molecule has 0 saturated heterocycles. The van der Waals surface area contributed by atoms with E-state index in [1.54, 1.807) is 0 Å². The Bertz CT molecular complexity index is 618. The molecule has 84 valence electrons. The van der Waals surface area contributed by atoms with Gasteiger partial charge >= 0.3 is 0 Å². The number of hydrogen-bond donors (Lipinski definition) is 0. The van der Waals surface area contributed by atoms with Crippen LogP contribution in [-0.4, -0.2) is 4.98 Å². The van der Waals surface area contributed by atoms with Crippen LogP contribution in [-0.2, 0) is 0 Å². The molecule has 0 spiro atoms. The summed E-state index contributed by atoms with van der Waals surface area (Å²) in [6.07, 6.45) is 0. The van der Waals surface area contributed by atoms with E-state index >= 15 is 0 Å². The average molecular weight is 234 g/mol. The van der Waals surface area contributed by atoms with E-state index in [1.165, 1.54) is 12.1 Å². The first-order chi connectivity index (χ1) is 8.13. The summed E-state index contributed by atoms with van der Waals surface area (Å²) in [7, 11) is 0. The van der Waals surface area contributed by atoms with Crippen molar-refractivity contribution in [3.63, 3.8) is 0 Å². The van der Waals surface area contributed by atoms with Gasteiger partial charge in [-0.3, -0.25) is 0 Å². The van der Waals surface area contributed by atoms with Gasteiger partial charge in [0.2, 0.25) is 5.95 Å². The lowest BCUT2D eigenvalue weighted by Gasteiger charge is -2.04. The van der Waals surface area contributed by atoms with Gasteiger partial charge in [0.05, 0.1) is 12.3 Å². The molecule has 17 heavy (non-hydrogen) atoms. The second kappa shape index (κ2) is 4.26. The van der Waals surface area contributed by atoms with Crippen molar-refractivity contribution in [1.29, 1.82) is 0 Å². The van der Waals surface area contributed by atoms with Crippen LogP contribution in [0.25, 0.3) is 16.1 Å². The number of rotatable bonds is 1. The summed E-state index contributed by atoms with van der Waals surface area (Å²) in [5.41, 5.74) is -0.794. The third-order valence-electron chi connectivity index (χ3n) is 2.17. The lowest BCUT2D eigenvalue weighted by atomic mass is 10.1. The Morgan fingerprint density at radius 1 is 1.06 bits per heavy atom. The van der Waals surface area contributed by atoms with Gasteiger partial charge in [-0.05, 0) is 24.3 Å². The van der Waals surface area contributed by atoms with E-state index in [4.69, 9.17) is 6.57 Å². The van der Waals surface area contributed by atoms with Crippen molar-refractivity contribution in [2.75, 3.05) is 0 Å². The highest BCUT2D eigenvalue weighted by molar-refractivity contribution is 5.67. The second-order valence-electron chi connectivity index (χ2n) is 3.21. The van der Waals surface area contributed by atoms with E-state index in [0.29, 0.717) is 0 Å². The van der Waals surface area contributed by atoms with Crippen molar-refractivity contribution in [2.24, 2.45) is 0 Å². The van der Waals surface area contributed by atoms with Crippen LogP contribution in [0.2, 0.25) is 0 Å². The van der Waals surface area contributed by atoms with Crippen LogP contribution in [0.4, 0.5) is 18.9 Å². The summed E-state index contributed by atoms with van der Waals surface area (Å²) in [6, 6.07) is 5.94. The zero-order valence-electron chi connectivity index (χ0n) is 8.42. The molecule has 1 aromatic heterocycles. The lowest BCUT2D eigenvalue weighted by Crippen LogP contribution is -1.92. The van der Waals surface area contributed by atoms with Crippen LogP contribution >= 0.6 is 0 Å². The molecule has 0 aliphatic rings. The van der Waals surface area contributed by atoms with Gasteiger partial charge in [-0.25, -0.2) is 18.6 Å². The highest BCUT2D eigenvalue weighted by atomic mass is 19.1. The summed E-state index contributed by atoms with van der Waals surface area (Å²) in [4.78, 5) is 6.23. The topological polar surface area (TPSA) is 17.2 Å². The number of pyridine rings is 1. The molecule has 0 radical (unpaired) electrons. The van der Waals surface area contributed by atoms with Gasteiger partial charge in [-0.2, -0.15) is 4.39 Å². The van der Waals surface area contributed by atoms with E-state index < -0.39 is 23.3 Å². The van der Waals surface area contributed by atoms with Crippen molar-refractivity contribution in [3.05, 3.63) is 59.3 Å². The molecule has 1 aromatic carbocycles. The molecule has 0 saturated carbocycles. The Morgan fingerprint density at radius 2 is 1.82 bits per heavy atom. The van der Waals surface area contributed by atoms with E-state index in [0.717, 1.165) is 18.2 Å². The summed E-state index contributed by atoms with van der Waals surface area (Å²) in [5.74, 6) is -2.74. The van der Waals surface area contributed by atoms with E-state index in [-0.39, 0.29) is 11.3 Å². The van der Waals surface area contributed by atoms with E-state index in [1.807, 2.05) is 0 Å². The summed E-state index contributed by atoms with van der Waals surface area (Å²) < 4.78 is 39.7. The maximum atomic E-state index is 13.7. The minimum absolute atomic E-state index is 0.0207. The van der Waals surface area contributed by atoms with Gasteiger partial charge in [-0.1, -0.05) is 6.07 Å². The molecule has 2 aromatic rings. The molecular weight excluding hydrogens is 229 g/mol. The molecule has 0 aliphatic heterocycles. The van der Waals surface area contributed by atoms with Gasteiger partial charge in [-0.15, -0.1) is 0 Å². The van der Waals surface area contributed by atoms with Gasteiger partial charge in [0.25, 0.3) is 5.69 Å². The van der Waals surface area contributed by atoms with Gasteiger partial charge in [0.15, 0.2) is 0 Å². The predicted molar refractivity (Wildman–Crippen MR) is 55.8 cm³/mol. The minimum atomic E-state index is -1.03. The number of benzene rings is 1. The molecule has 0 atom stereocenters. The fourth-order valence-corrected chi connectivity index (χ4v) is 1.40. The Hall–Kier alpha value is -2.35. The standard InChI is InChI=1S/C12H5F3N2/c1-16-12-8(13)6-5-7(11(12)15)9-3-2-4-10(14)17-9/h2-6H. The normalized spacial score (nSPS) is 10.0. The minimum Gasteiger partial charge on any atom is -0.232 e. The molecule has 0 fully saturated rings. The fraction of sp³-hybridized carbons (Fsp3) is 0. The van der Waals surface area contributed by atoms with Crippen molar-refractivity contribution in [2.45, 2.75) is 0 Å². The van der Waals surface area contributed by atoms with Crippen LogP contribution in [0.3, 0.4) is 0 Å². The third-order valence-corrected chi connectivity index (χ3v) is 2.17. The summed E-state index contributed by atoms with van der Waals surface area (Å²) >= 11 is 0. The molecule has 2 nitrogen and oxygen atoms in total. The van der Waals surface area contributed by atoms with Crippen molar-refractivity contribution >= 4 is 5.69 Å². The van der Waals surface area contributed by atoms with Crippen LogP contribution < -0.4 is 0 Å². The fourth-order valence-electron chi connectivity index (χ4n) is 1.40. The maximum Gasteiger partial charge on any atom is 0.257 e. The molecule has 0 bridgehead atoms. The van der Waals surface area contributed by atoms with Crippen molar-refractivity contribution < 1.29 is 13.2 Å². The van der Waals surface area contributed by atoms with Crippen LogP contribution in [0.1, 0.15) is 0 Å². The van der Waals surface area contributed by atoms with E-state index in [2.05, 4.69) is 9.83 Å². The zero-order chi connectivity index (χ0) is 12.4. The Morgan fingerprint density at radius 3 is 2.47 bits per heavy atom. The van der Waals surface area contributed by atoms with Crippen molar-refractivity contribution in [3.8, 4) is 11.3 Å². The largest absolute Gasteiger partial charge is 0.257 e. The number of hydrogen-bond acceptors (Lipinski definition) is 1. The van der Waals surface area contributed by atoms with Crippen molar-refractivity contribution in [1.82, 2.24) is 4.98 Å². The van der Waals surface area contributed by atoms with Gasteiger partial charge in [0.1, 0.15) is 11.6 Å². The Kier molecular flexibility index (Phi) is 2.79. The first-order valence-corrected chi connectivity index (χ1v) is 4.62. The van der Waals surface area contributed by atoms with E-state index in [9.17, 15) is 13.2 Å². The highest BCUT2D eigenvalue weighted by Crippen LogP contribution is 2.30. The molecule has 0 unspecified atom stereocenters. The molecule has 0 N–H and O–H groups in total. The lowest BCUT2D eigenvalue weighted by molar-refractivity contribution is 0.582. The first kappa shape index (κ1) is 11.1. The smallest absolute Gasteiger partial charge is 0.232 e. The Balaban J connectivity index is 2.66. The van der Waals surface area contributed by atoms with Crippen LogP contribution in [0.15, 0.2) is 30.3 Å². The van der Waals surface area contributed by atoms with Gasteiger partial charge < -0.3 is 0 Å². The predicted octanol–water partition coefficient (Wildman–Crippen LogP) is 3.72. The highest BCUT2D eigenvalue weighted by Gasteiger charge is 2.15. The maximum absolute atomic E-state index is 13.7. The second-order valence-corrected chi connectivity index (χ2v) is 3.21. The average Bonchev–Trinajstić information content (AvgIpc) is 2.29. The number of aromatic nitrogens is 1. The first-order valence-electron chi connectivity index (χ1n) is 4.62. The zero-order valence-corrected chi connectivity index (χ0v) is 8.42. The summed E-state index contributed by atoms with van der Waals surface area (Å²) in [6.45, 7) is 6.68. The molecular formula is C12H5F3N2. The number of halogens is 3. The number of nitrogens with zero attached hydrogens (tertiary/aromatic N) is 2. The Labute approximate surface area is 95.2 Å². The van der Waals surface area contributed by atoms with Crippen LogP contribution in [0.5, 0.6) is 0 Å². The molecule has 0 aliphatic carbocycles. The van der Waals surface area contributed by atoms with Crippen LogP contribution in [0, 0.1) is 24.2 Å². The van der Waals surface area contributed by atoms with Gasteiger partial charge in [0, 0.05) is 5.56 Å². The quantitative estimate of drug-likeness (QED) is 0.543. The molecule has 2 rings (SSSR count). The molecule has 5 heteroatoms. The monoisotopic (exact) mass is 234 g/mol. The summed E-state index contributed by atoms with van der Waals surface area (Å²) in [5, 5.41) is 0. The molecule has 1 heterocycles.